The summed E-state index contributed by atoms with van der Waals surface area (Å²) in [6.45, 7) is 8.09. The molecule has 2 aromatic carbocycles. The Labute approximate surface area is 160 Å². The SMILES string of the molecule is COP(=O)(O)OCc1cc(C)c(Cc2ccc(N=O)c(C(C)C)c2)c(C)c1. The van der Waals surface area contributed by atoms with Gasteiger partial charge in [0.05, 0.1) is 6.61 Å². The molecule has 2 aromatic rings. The minimum Gasteiger partial charge on any atom is -0.302 e. The number of aryl methyl sites for hydroxylation is 2. The van der Waals surface area contributed by atoms with Crippen molar-refractivity contribution < 1.29 is 18.5 Å². The van der Waals surface area contributed by atoms with Crippen molar-refractivity contribution in [1.29, 1.82) is 0 Å². The summed E-state index contributed by atoms with van der Waals surface area (Å²) in [6.07, 6.45) is 0.730. The molecule has 0 aliphatic heterocycles. The molecular weight excluding hydrogens is 365 g/mol. The lowest BCUT2D eigenvalue weighted by Crippen LogP contribution is -2.01. The first-order chi connectivity index (χ1) is 12.7. The lowest BCUT2D eigenvalue weighted by Gasteiger charge is -2.15. The minimum atomic E-state index is -3.99. The first-order valence-electron chi connectivity index (χ1n) is 8.75. The summed E-state index contributed by atoms with van der Waals surface area (Å²) < 4.78 is 20.8. The fraction of sp³-hybridized carbons (Fsp3) is 0.400. The molecule has 0 heterocycles. The molecule has 0 bridgehead atoms. The van der Waals surface area contributed by atoms with E-state index in [0.717, 1.165) is 41.3 Å². The summed E-state index contributed by atoms with van der Waals surface area (Å²) in [5.74, 6) is 0.217. The molecular formula is C20H26NO5P. The van der Waals surface area contributed by atoms with E-state index in [2.05, 4.69) is 9.70 Å². The number of rotatable bonds is 8. The number of phosphoric acid groups is 1. The second-order valence-corrected chi connectivity index (χ2v) is 8.51. The summed E-state index contributed by atoms with van der Waals surface area (Å²) in [6, 6.07) is 9.64. The van der Waals surface area contributed by atoms with Gasteiger partial charge in [0.25, 0.3) is 0 Å². The molecule has 2 rings (SSSR count). The van der Waals surface area contributed by atoms with Crippen molar-refractivity contribution in [3.63, 3.8) is 0 Å². The zero-order valence-electron chi connectivity index (χ0n) is 16.4. The molecule has 0 saturated heterocycles. The predicted octanol–water partition coefficient (Wildman–Crippen LogP) is 5.68. The second kappa shape index (κ2) is 8.89. The highest BCUT2D eigenvalue weighted by Gasteiger charge is 2.19. The van der Waals surface area contributed by atoms with Crippen LogP contribution < -0.4 is 0 Å². The lowest BCUT2D eigenvalue weighted by molar-refractivity contribution is 0.166. The van der Waals surface area contributed by atoms with Crippen molar-refractivity contribution in [1.82, 2.24) is 0 Å². The molecule has 0 radical (unpaired) electrons. The first kappa shape index (κ1) is 21.5. The standard InChI is InChI=1S/C20H26NO5P/c1-13(2)18-10-16(6-7-20(18)21-22)11-19-14(3)8-17(9-15(19)4)12-26-27(23,24)25-5/h6-10,13H,11-12H2,1-5H3,(H,23,24). The molecule has 1 N–H and O–H groups in total. The van der Waals surface area contributed by atoms with E-state index in [1.807, 2.05) is 52.0 Å². The highest BCUT2D eigenvalue weighted by molar-refractivity contribution is 7.47. The quantitative estimate of drug-likeness (QED) is 0.462. The molecule has 0 saturated carbocycles. The summed E-state index contributed by atoms with van der Waals surface area (Å²) in [7, 11) is -2.86. The average molecular weight is 391 g/mol. The Morgan fingerprint density at radius 1 is 1.11 bits per heavy atom. The maximum absolute atomic E-state index is 11.5. The molecule has 0 aliphatic rings. The Hall–Kier alpha value is -1.85. The maximum atomic E-state index is 11.5. The lowest BCUT2D eigenvalue weighted by atomic mass is 9.91. The molecule has 0 spiro atoms. The van der Waals surface area contributed by atoms with Crippen LogP contribution in [0.1, 0.15) is 53.1 Å². The molecule has 0 aliphatic carbocycles. The third-order valence-electron chi connectivity index (χ3n) is 4.57. The van der Waals surface area contributed by atoms with Crippen LogP contribution in [0.3, 0.4) is 0 Å². The number of benzene rings is 2. The van der Waals surface area contributed by atoms with Crippen molar-refractivity contribution >= 4 is 13.5 Å². The van der Waals surface area contributed by atoms with Gasteiger partial charge in [0.1, 0.15) is 5.69 Å². The number of hydrogen-bond acceptors (Lipinski definition) is 5. The van der Waals surface area contributed by atoms with E-state index in [9.17, 15) is 14.4 Å². The van der Waals surface area contributed by atoms with Gasteiger partial charge in [-0.05, 0) is 70.8 Å². The van der Waals surface area contributed by atoms with Crippen molar-refractivity contribution in [2.24, 2.45) is 5.18 Å². The van der Waals surface area contributed by atoms with Crippen LogP contribution in [0, 0.1) is 18.8 Å². The average Bonchev–Trinajstić information content (AvgIpc) is 2.63. The third kappa shape index (κ3) is 5.56. The van der Waals surface area contributed by atoms with E-state index in [1.54, 1.807) is 6.07 Å². The largest absolute Gasteiger partial charge is 0.472 e. The van der Waals surface area contributed by atoms with Gasteiger partial charge in [0.2, 0.25) is 0 Å². The van der Waals surface area contributed by atoms with Crippen LogP contribution in [0.4, 0.5) is 5.69 Å². The fourth-order valence-electron chi connectivity index (χ4n) is 3.12. The molecule has 0 aromatic heterocycles. The zero-order chi connectivity index (χ0) is 20.2. The summed E-state index contributed by atoms with van der Waals surface area (Å²) >= 11 is 0. The minimum absolute atomic E-state index is 0.000770. The van der Waals surface area contributed by atoms with E-state index in [4.69, 9.17) is 4.52 Å². The summed E-state index contributed by atoms with van der Waals surface area (Å²) in [4.78, 5) is 20.4. The molecule has 0 amide bonds. The monoisotopic (exact) mass is 391 g/mol. The van der Waals surface area contributed by atoms with Crippen LogP contribution in [0.25, 0.3) is 0 Å². The van der Waals surface area contributed by atoms with Gasteiger partial charge in [-0.1, -0.05) is 38.1 Å². The Morgan fingerprint density at radius 2 is 1.74 bits per heavy atom. The van der Waals surface area contributed by atoms with Crippen LogP contribution >= 0.6 is 7.82 Å². The first-order valence-corrected chi connectivity index (χ1v) is 10.2. The van der Waals surface area contributed by atoms with Crippen LogP contribution in [-0.2, 0) is 26.6 Å². The topological polar surface area (TPSA) is 85.2 Å². The smallest absolute Gasteiger partial charge is 0.302 e. The van der Waals surface area contributed by atoms with Crippen molar-refractivity contribution in [2.45, 2.75) is 46.6 Å². The van der Waals surface area contributed by atoms with Gasteiger partial charge in [-0.3, -0.25) is 9.05 Å². The van der Waals surface area contributed by atoms with Crippen LogP contribution in [0.2, 0.25) is 0 Å². The number of nitrogens with zero attached hydrogens (tertiary/aromatic N) is 1. The number of phosphoric ester groups is 1. The summed E-state index contributed by atoms with van der Waals surface area (Å²) in [5.41, 5.74) is 6.68. The van der Waals surface area contributed by atoms with E-state index in [-0.39, 0.29) is 12.5 Å². The van der Waals surface area contributed by atoms with Crippen LogP contribution in [-0.4, -0.2) is 12.0 Å². The van der Waals surface area contributed by atoms with E-state index >= 15 is 0 Å². The maximum Gasteiger partial charge on any atom is 0.472 e. The molecule has 0 fully saturated rings. The second-order valence-electron chi connectivity index (χ2n) is 6.95. The van der Waals surface area contributed by atoms with Crippen molar-refractivity contribution in [2.75, 3.05) is 7.11 Å². The number of hydrogen-bond donors (Lipinski definition) is 1. The zero-order valence-corrected chi connectivity index (χ0v) is 17.2. The molecule has 27 heavy (non-hydrogen) atoms. The normalized spacial score (nSPS) is 13.6. The molecule has 1 atom stereocenters. The third-order valence-corrected chi connectivity index (χ3v) is 5.49. The van der Waals surface area contributed by atoms with Gasteiger partial charge >= 0.3 is 7.82 Å². The Balaban J connectivity index is 2.26. The Bertz CT molecular complexity index is 856. The van der Waals surface area contributed by atoms with Crippen molar-refractivity contribution in [3.05, 3.63) is 68.6 Å². The van der Waals surface area contributed by atoms with E-state index in [0.29, 0.717) is 5.69 Å². The fourth-order valence-corrected chi connectivity index (χ4v) is 3.54. The van der Waals surface area contributed by atoms with Crippen molar-refractivity contribution in [3.8, 4) is 0 Å². The highest BCUT2D eigenvalue weighted by Crippen LogP contribution is 2.43. The Kier molecular flexibility index (Phi) is 7.06. The molecule has 6 nitrogen and oxygen atoms in total. The molecule has 146 valence electrons. The van der Waals surface area contributed by atoms with Crippen LogP contribution in [0.5, 0.6) is 0 Å². The Morgan fingerprint density at radius 3 is 2.26 bits per heavy atom. The van der Waals surface area contributed by atoms with Gasteiger partial charge < -0.3 is 4.89 Å². The summed E-state index contributed by atoms with van der Waals surface area (Å²) in [5, 5.41) is 3.12. The molecule has 7 heteroatoms. The highest BCUT2D eigenvalue weighted by atomic mass is 31.2. The van der Waals surface area contributed by atoms with Gasteiger partial charge in [-0.25, -0.2) is 4.57 Å². The van der Waals surface area contributed by atoms with Gasteiger partial charge in [-0.2, -0.15) is 0 Å². The van der Waals surface area contributed by atoms with Crippen LogP contribution in [0.15, 0.2) is 35.5 Å². The number of nitroso groups, excluding NO2 is 1. The van der Waals surface area contributed by atoms with Gasteiger partial charge in [0, 0.05) is 7.11 Å². The van der Waals surface area contributed by atoms with Gasteiger partial charge in [-0.15, -0.1) is 4.91 Å². The molecule has 1 unspecified atom stereocenters. The van der Waals surface area contributed by atoms with E-state index < -0.39 is 7.82 Å². The van der Waals surface area contributed by atoms with E-state index in [1.165, 1.54) is 5.56 Å². The predicted molar refractivity (Wildman–Crippen MR) is 106 cm³/mol. The van der Waals surface area contributed by atoms with Gasteiger partial charge in [0.15, 0.2) is 0 Å².